The van der Waals surface area contributed by atoms with E-state index in [-0.39, 0.29) is 41.8 Å². The molecule has 2 aromatic carbocycles. The third-order valence-electron chi connectivity index (χ3n) is 8.34. The minimum absolute atomic E-state index is 0.00206. The SMILES string of the molecule is CCC1(NC(=O)OCc2ccccc2)CCC(N2CC(NC(=O)CNc3ncnc4ccc(C(F)(F)F)cc34)C2)CC1. The van der Waals surface area contributed by atoms with Crippen LogP contribution < -0.4 is 16.0 Å². The van der Waals surface area contributed by atoms with Crippen molar-refractivity contribution in [3.63, 3.8) is 0 Å². The second-order valence-corrected chi connectivity index (χ2v) is 11.1. The Morgan fingerprint density at radius 3 is 2.50 bits per heavy atom. The molecule has 1 aliphatic carbocycles. The number of ether oxygens (including phenoxy) is 1. The molecule has 9 nitrogen and oxygen atoms in total. The van der Waals surface area contributed by atoms with Crippen molar-refractivity contribution in [1.29, 1.82) is 0 Å². The van der Waals surface area contributed by atoms with E-state index < -0.39 is 17.8 Å². The molecule has 224 valence electrons. The summed E-state index contributed by atoms with van der Waals surface area (Å²) in [5.41, 5.74) is 0.221. The van der Waals surface area contributed by atoms with Crippen molar-refractivity contribution in [3.8, 4) is 0 Å². The van der Waals surface area contributed by atoms with E-state index in [4.69, 9.17) is 4.74 Å². The zero-order valence-corrected chi connectivity index (χ0v) is 23.4. The molecule has 1 aliphatic heterocycles. The summed E-state index contributed by atoms with van der Waals surface area (Å²) in [7, 11) is 0. The van der Waals surface area contributed by atoms with Gasteiger partial charge >= 0.3 is 12.3 Å². The van der Waals surface area contributed by atoms with Crippen molar-refractivity contribution in [3.05, 3.63) is 66.0 Å². The number of nitrogens with one attached hydrogen (secondary N) is 3. The lowest BCUT2D eigenvalue weighted by Crippen LogP contribution is -2.64. The number of alkyl halides is 3. The molecule has 1 aromatic heterocycles. The molecule has 2 aliphatic rings. The summed E-state index contributed by atoms with van der Waals surface area (Å²) in [6.07, 6.45) is 0.784. The molecule has 2 amide bonds. The second-order valence-electron chi connectivity index (χ2n) is 11.1. The van der Waals surface area contributed by atoms with Crippen LogP contribution in [0.5, 0.6) is 0 Å². The van der Waals surface area contributed by atoms with Gasteiger partial charge in [0.2, 0.25) is 5.91 Å². The Hall–Kier alpha value is -3.93. The van der Waals surface area contributed by atoms with Crippen LogP contribution in [-0.4, -0.2) is 64.1 Å². The van der Waals surface area contributed by atoms with E-state index in [9.17, 15) is 22.8 Å². The molecule has 1 saturated carbocycles. The Labute approximate surface area is 242 Å². The number of halogens is 3. The smallest absolute Gasteiger partial charge is 0.416 e. The van der Waals surface area contributed by atoms with E-state index >= 15 is 0 Å². The number of alkyl carbamates (subject to hydrolysis) is 1. The summed E-state index contributed by atoms with van der Waals surface area (Å²) in [4.78, 5) is 35.5. The lowest BCUT2D eigenvalue weighted by atomic mass is 9.76. The van der Waals surface area contributed by atoms with Gasteiger partial charge in [0, 0.05) is 30.1 Å². The van der Waals surface area contributed by atoms with Crippen LogP contribution in [0.4, 0.5) is 23.8 Å². The van der Waals surface area contributed by atoms with Crippen LogP contribution in [0.25, 0.3) is 10.9 Å². The number of carbonyl (C=O) groups is 2. The van der Waals surface area contributed by atoms with Gasteiger partial charge in [-0.15, -0.1) is 0 Å². The van der Waals surface area contributed by atoms with Crippen molar-refractivity contribution in [2.24, 2.45) is 0 Å². The number of nitrogens with zero attached hydrogens (tertiary/aromatic N) is 3. The van der Waals surface area contributed by atoms with Crippen LogP contribution in [0.3, 0.4) is 0 Å². The molecule has 3 aromatic rings. The minimum Gasteiger partial charge on any atom is -0.445 e. The summed E-state index contributed by atoms with van der Waals surface area (Å²) in [6, 6.07) is 13.2. The van der Waals surface area contributed by atoms with E-state index in [1.165, 1.54) is 12.4 Å². The predicted octanol–water partition coefficient (Wildman–Crippen LogP) is 4.88. The molecular weight excluding hydrogens is 549 g/mol. The fraction of sp³-hybridized carbons (Fsp3) is 0.467. The molecule has 42 heavy (non-hydrogen) atoms. The summed E-state index contributed by atoms with van der Waals surface area (Å²) in [6.45, 7) is 3.66. The second kappa shape index (κ2) is 12.5. The number of amides is 2. The standard InChI is InChI=1S/C30H35F3N6O3/c1-2-29(38-28(41)42-18-20-6-4-3-5-7-20)12-10-23(11-13-29)39-16-22(17-39)37-26(40)15-34-27-24-14-21(30(31,32)33)8-9-25(24)35-19-36-27/h3-9,14,19,22-23H,2,10-13,15-18H2,1H3,(H,37,40)(H,38,41)(H,34,35,36). The number of rotatable bonds is 9. The molecule has 12 heteroatoms. The maximum Gasteiger partial charge on any atom is 0.416 e. The Morgan fingerprint density at radius 1 is 1.07 bits per heavy atom. The van der Waals surface area contributed by atoms with Gasteiger partial charge in [-0.25, -0.2) is 14.8 Å². The van der Waals surface area contributed by atoms with E-state index in [0.29, 0.717) is 11.6 Å². The van der Waals surface area contributed by atoms with Crippen LogP contribution in [-0.2, 0) is 22.3 Å². The molecular formula is C30H35F3N6O3. The third-order valence-corrected chi connectivity index (χ3v) is 8.34. The quantitative estimate of drug-likeness (QED) is 0.329. The topological polar surface area (TPSA) is 108 Å². The van der Waals surface area contributed by atoms with Crippen molar-refractivity contribution >= 4 is 28.7 Å². The van der Waals surface area contributed by atoms with Gasteiger partial charge in [-0.3, -0.25) is 9.69 Å². The molecule has 0 radical (unpaired) electrons. The van der Waals surface area contributed by atoms with Gasteiger partial charge in [0.05, 0.1) is 23.7 Å². The molecule has 5 rings (SSSR count). The first-order valence-electron chi connectivity index (χ1n) is 14.2. The fourth-order valence-electron chi connectivity index (χ4n) is 5.78. The number of hydrogen-bond acceptors (Lipinski definition) is 7. The fourth-order valence-corrected chi connectivity index (χ4v) is 5.78. The predicted molar refractivity (Wildman–Crippen MR) is 152 cm³/mol. The van der Waals surface area contributed by atoms with Gasteiger partial charge in [0.15, 0.2) is 0 Å². The van der Waals surface area contributed by atoms with Crippen LogP contribution in [0, 0.1) is 0 Å². The molecule has 2 fully saturated rings. The highest BCUT2D eigenvalue weighted by molar-refractivity contribution is 5.91. The van der Waals surface area contributed by atoms with E-state index in [1.54, 1.807) is 0 Å². The maximum absolute atomic E-state index is 13.2. The van der Waals surface area contributed by atoms with E-state index in [1.807, 2.05) is 30.3 Å². The highest BCUT2D eigenvalue weighted by Gasteiger charge is 2.40. The van der Waals surface area contributed by atoms with Crippen LogP contribution in [0.15, 0.2) is 54.9 Å². The average Bonchev–Trinajstić information content (AvgIpc) is 2.97. The first-order valence-corrected chi connectivity index (χ1v) is 14.2. The molecule has 3 N–H and O–H groups in total. The first kappa shape index (κ1) is 29.6. The van der Waals surface area contributed by atoms with Gasteiger partial charge in [-0.2, -0.15) is 13.2 Å². The molecule has 0 spiro atoms. The normalized spacial score (nSPS) is 21.4. The lowest BCUT2D eigenvalue weighted by Gasteiger charge is -2.49. The van der Waals surface area contributed by atoms with Gasteiger partial charge in [0.25, 0.3) is 0 Å². The number of anilines is 1. The van der Waals surface area contributed by atoms with Crippen LogP contribution in [0.2, 0.25) is 0 Å². The number of carbonyl (C=O) groups excluding carboxylic acids is 2. The highest BCUT2D eigenvalue weighted by Crippen LogP contribution is 2.35. The Morgan fingerprint density at radius 2 is 1.81 bits per heavy atom. The Balaban J connectivity index is 1.04. The summed E-state index contributed by atoms with van der Waals surface area (Å²) < 4.78 is 44.9. The maximum atomic E-state index is 13.2. The lowest BCUT2D eigenvalue weighted by molar-refractivity contribution is -0.137. The monoisotopic (exact) mass is 584 g/mol. The molecule has 0 atom stereocenters. The number of fused-ring (bicyclic) bond motifs is 1. The Bertz CT molecular complexity index is 1390. The van der Waals surface area contributed by atoms with Gasteiger partial charge in [-0.05, 0) is 55.9 Å². The largest absolute Gasteiger partial charge is 0.445 e. The van der Waals surface area contributed by atoms with E-state index in [0.717, 1.165) is 62.9 Å². The third kappa shape index (κ3) is 7.10. The van der Waals surface area contributed by atoms with E-state index in [2.05, 4.69) is 37.7 Å². The number of hydrogen-bond donors (Lipinski definition) is 3. The number of likely N-dealkylation sites (tertiary alicyclic amines) is 1. The first-order chi connectivity index (χ1) is 20.1. The number of aromatic nitrogens is 2. The van der Waals surface area contributed by atoms with Gasteiger partial charge in [-0.1, -0.05) is 37.3 Å². The minimum atomic E-state index is -4.49. The molecule has 2 heterocycles. The van der Waals surface area contributed by atoms with Crippen LogP contribution >= 0.6 is 0 Å². The highest BCUT2D eigenvalue weighted by atomic mass is 19.4. The summed E-state index contributed by atoms with van der Waals surface area (Å²) >= 11 is 0. The molecule has 0 unspecified atom stereocenters. The van der Waals surface area contributed by atoms with Gasteiger partial charge in [0.1, 0.15) is 18.8 Å². The Kier molecular flexibility index (Phi) is 8.81. The zero-order chi connectivity index (χ0) is 29.7. The number of benzene rings is 2. The van der Waals surface area contributed by atoms with Crippen molar-refractivity contribution in [2.75, 3.05) is 25.0 Å². The van der Waals surface area contributed by atoms with Crippen LogP contribution in [0.1, 0.15) is 50.2 Å². The zero-order valence-electron chi connectivity index (χ0n) is 23.4. The summed E-state index contributed by atoms with van der Waals surface area (Å²) in [5, 5.41) is 9.16. The molecule has 0 bridgehead atoms. The average molecular weight is 585 g/mol. The van der Waals surface area contributed by atoms with Crippen molar-refractivity contribution in [1.82, 2.24) is 25.5 Å². The van der Waals surface area contributed by atoms with Gasteiger partial charge < -0.3 is 20.7 Å². The summed E-state index contributed by atoms with van der Waals surface area (Å²) in [5.74, 6) is -0.0825. The molecule has 1 saturated heterocycles. The van der Waals surface area contributed by atoms with Crippen molar-refractivity contribution in [2.45, 2.75) is 69.4 Å². The van der Waals surface area contributed by atoms with Crippen molar-refractivity contribution < 1.29 is 27.5 Å².